The van der Waals surface area contributed by atoms with E-state index in [2.05, 4.69) is 0 Å². The zero-order chi connectivity index (χ0) is 27.7. The van der Waals surface area contributed by atoms with Gasteiger partial charge in [0.1, 0.15) is 29.9 Å². The van der Waals surface area contributed by atoms with E-state index < -0.39 is 35.9 Å². The normalized spacial score (nSPS) is 22.3. The number of carbonyl (C=O) groups excluding carboxylic acids is 2. The van der Waals surface area contributed by atoms with Gasteiger partial charge in [0.25, 0.3) is 5.91 Å². The highest BCUT2D eigenvalue weighted by Gasteiger charge is 2.29. The van der Waals surface area contributed by atoms with Crippen LogP contribution in [0.3, 0.4) is 0 Å². The molecule has 2 aromatic carbocycles. The molecule has 0 spiro atoms. The number of hydrogen-bond donors (Lipinski definition) is 3. The lowest BCUT2D eigenvalue weighted by atomic mass is 10.1. The van der Waals surface area contributed by atoms with Gasteiger partial charge in [-0.25, -0.2) is 8.78 Å². The summed E-state index contributed by atoms with van der Waals surface area (Å²) >= 11 is 6.05. The second-order valence-electron chi connectivity index (χ2n) is 8.99. The maximum absolute atomic E-state index is 13.4. The first kappa shape index (κ1) is 29.7. The second-order valence-corrected chi connectivity index (χ2v) is 9.40. The van der Waals surface area contributed by atoms with Crippen LogP contribution in [0.15, 0.2) is 48.5 Å². The quantitative estimate of drug-likeness (QED) is 0.505. The lowest BCUT2D eigenvalue weighted by Crippen LogP contribution is -2.49. The zero-order valence-electron chi connectivity index (χ0n) is 20.7. The number of β-amino-alcohol motifs (C(OH)–C–C–N with tert-alkyl or cyclic N) is 1. The lowest BCUT2D eigenvalue weighted by molar-refractivity contribution is -0.126. The number of halogens is 3. The Kier molecular flexibility index (Phi) is 11.2. The summed E-state index contributed by atoms with van der Waals surface area (Å²) in [6, 6.07) is 8.68. The van der Waals surface area contributed by atoms with Crippen LogP contribution >= 0.6 is 11.6 Å². The summed E-state index contributed by atoms with van der Waals surface area (Å²) in [6.45, 7) is 0.114. The van der Waals surface area contributed by atoms with E-state index >= 15 is 0 Å². The lowest BCUT2D eigenvalue weighted by Gasteiger charge is -2.32. The fourth-order valence-electron chi connectivity index (χ4n) is 3.93. The molecule has 0 bridgehead atoms. The molecule has 0 aromatic heterocycles. The van der Waals surface area contributed by atoms with Crippen molar-refractivity contribution in [2.24, 2.45) is 0 Å². The predicted molar refractivity (Wildman–Crippen MR) is 137 cm³/mol. The van der Waals surface area contributed by atoms with Gasteiger partial charge >= 0.3 is 0 Å². The molecule has 11 heteroatoms. The molecule has 2 amide bonds. The third kappa shape index (κ3) is 8.57. The van der Waals surface area contributed by atoms with Crippen molar-refractivity contribution in [3.8, 4) is 0 Å². The minimum atomic E-state index is -1.58. The van der Waals surface area contributed by atoms with Gasteiger partial charge in [-0.15, -0.1) is 0 Å². The van der Waals surface area contributed by atoms with E-state index in [4.69, 9.17) is 16.3 Å². The van der Waals surface area contributed by atoms with Gasteiger partial charge in [0.2, 0.25) is 5.91 Å². The van der Waals surface area contributed by atoms with Gasteiger partial charge < -0.3 is 29.9 Å². The van der Waals surface area contributed by atoms with Crippen LogP contribution in [0, 0.1) is 11.6 Å². The molecule has 2 aromatic rings. The first-order valence-corrected chi connectivity index (χ1v) is 12.6. The Balaban J connectivity index is 1.81. The van der Waals surface area contributed by atoms with E-state index in [1.165, 1.54) is 46.2 Å². The number of amides is 2. The Labute approximate surface area is 224 Å². The molecular weight excluding hydrogens is 522 g/mol. The number of ether oxygens (including phenoxy) is 1. The molecule has 206 valence electrons. The van der Waals surface area contributed by atoms with Gasteiger partial charge in [-0.05, 0) is 60.9 Å². The Hall–Kier alpha value is -2.89. The van der Waals surface area contributed by atoms with Gasteiger partial charge in [-0.2, -0.15) is 0 Å². The van der Waals surface area contributed by atoms with Crippen molar-refractivity contribution in [1.29, 1.82) is 0 Å². The molecule has 0 unspecified atom stereocenters. The fourth-order valence-corrected chi connectivity index (χ4v) is 4.16. The van der Waals surface area contributed by atoms with E-state index in [0.29, 0.717) is 24.9 Å². The van der Waals surface area contributed by atoms with E-state index in [-0.39, 0.29) is 49.3 Å². The number of hydrogen-bond acceptors (Lipinski definition) is 6. The average Bonchev–Trinajstić information content (AvgIpc) is 2.89. The molecular formula is C27H31ClF2N2O6. The van der Waals surface area contributed by atoms with E-state index in [9.17, 15) is 33.7 Å². The van der Waals surface area contributed by atoms with E-state index in [0.717, 1.165) is 18.2 Å². The molecule has 1 aliphatic heterocycles. The van der Waals surface area contributed by atoms with Crippen LogP contribution in [0.5, 0.6) is 0 Å². The van der Waals surface area contributed by atoms with Crippen LogP contribution < -0.4 is 0 Å². The molecule has 3 atom stereocenters. The van der Waals surface area contributed by atoms with Crippen molar-refractivity contribution in [3.63, 3.8) is 0 Å². The van der Waals surface area contributed by atoms with Crippen LogP contribution in [0.2, 0.25) is 5.02 Å². The maximum atomic E-state index is 13.4. The van der Waals surface area contributed by atoms with Crippen molar-refractivity contribution >= 4 is 29.5 Å². The zero-order valence-corrected chi connectivity index (χ0v) is 21.4. The summed E-state index contributed by atoms with van der Waals surface area (Å²) in [4.78, 5) is 29.0. The number of rotatable bonds is 3. The van der Waals surface area contributed by atoms with Crippen molar-refractivity contribution in [2.45, 2.75) is 31.2 Å². The Bertz CT molecular complexity index is 1120. The Morgan fingerprint density at radius 2 is 1.61 bits per heavy atom. The van der Waals surface area contributed by atoms with E-state index in [1.54, 1.807) is 0 Å². The molecule has 1 saturated heterocycles. The van der Waals surface area contributed by atoms with Crippen molar-refractivity contribution in [2.75, 3.05) is 39.4 Å². The molecule has 1 aliphatic rings. The minimum Gasteiger partial charge on any atom is -0.388 e. The van der Waals surface area contributed by atoms with Gasteiger partial charge in [-0.1, -0.05) is 17.7 Å². The summed E-state index contributed by atoms with van der Waals surface area (Å²) in [5, 5.41) is 31.2. The fraction of sp³-hybridized carbons (Fsp3) is 0.407. The van der Waals surface area contributed by atoms with Crippen LogP contribution in [0.4, 0.5) is 8.78 Å². The highest BCUT2D eigenvalue weighted by molar-refractivity contribution is 6.32. The van der Waals surface area contributed by atoms with Crippen LogP contribution in [-0.4, -0.2) is 94.6 Å². The SMILES string of the molecule is O=C(/C=C/c1ccc(F)cc1Cl)N1CCCCOC[C@@H](O)[C@H](O)[C@@H](O)CN(C(=O)c2ccc(F)cc2)CC1. The number of nitrogens with zero attached hydrogens (tertiary/aromatic N) is 2. The molecule has 0 aliphatic carbocycles. The summed E-state index contributed by atoms with van der Waals surface area (Å²) in [7, 11) is 0. The molecule has 38 heavy (non-hydrogen) atoms. The second kappa shape index (κ2) is 14.3. The molecule has 3 rings (SSSR count). The molecule has 0 saturated carbocycles. The van der Waals surface area contributed by atoms with Crippen LogP contribution in [0.25, 0.3) is 6.08 Å². The van der Waals surface area contributed by atoms with Gasteiger partial charge in [-0.3, -0.25) is 9.59 Å². The summed E-state index contributed by atoms with van der Waals surface area (Å²) in [5.41, 5.74) is 0.613. The monoisotopic (exact) mass is 552 g/mol. The Morgan fingerprint density at radius 3 is 2.32 bits per heavy atom. The van der Waals surface area contributed by atoms with Gasteiger partial charge in [0.15, 0.2) is 0 Å². The van der Waals surface area contributed by atoms with Crippen LogP contribution in [-0.2, 0) is 9.53 Å². The van der Waals surface area contributed by atoms with Gasteiger partial charge in [0, 0.05) is 44.4 Å². The number of benzene rings is 2. The van der Waals surface area contributed by atoms with Crippen molar-refractivity contribution in [3.05, 3.63) is 76.3 Å². The number of aliphatic hydroxyl groups excluding tert-OH is 3. The van der Waals surface area contributed by atoms with Gasteiger partial charge in [0.05, 0.1) is 11.6 Å². The Morgan fingerprint density at radius 1 is 0.921 bits per heavy atom. The first-order chi connectivity index (χ1) is 18.2. The average molecular weight is 553 g/mol. The highest BCUT2D eigenvalue weighted by Crippen LogP contribution is 2.19. The minimum absolute atomic E-state index is 0.0104. The molecule has 8 nitrogen and oxygen atoms in total. The smallest absolute Gasteiger partial charge is 0.254 e. The molecule has 1 heterocycles. The highest BCUT2D eigenvalue weighted by atomic mass is 35.5. The number of aliphatic hydroxyl groups is 3. The third-order valence-electron chi connectivity index (χ3n) is 6.15. The standard InChI is InChI=1S/C27H31ClF2N2O6/c28-22-15-21(30)9-3-18(22)6-10-25(35)31-11-1-2-14-38-17-24(34)26(36)23(33)16-32(13-12-31)27(37)19-4-7-20(29)8-5-19/h3-10,15,23-24,26,33-34,36H,1-2,11-14,16-17H2/b10-6+/t23-,24+,26+/m0/s1. The van der Waals surface area contributed by atoms with Crippen molar-refractivity contribution in [1.82, 2.24) is 9.80 Å². The number of carbonyl (C=O) groups is 2. The third-order valence-corrected chi connectivity index (χ3v) is 6.48. The maximum Gasteiger partial charge on any atom is 0.254 e. The summed E-state index contributed by atoms with van der Waals surface area (Å²) in [6.07, 6.45) is -0.558. The van der Waals surface area contributed by atoms with Crippen molar-refractivity contribution < 1.29 is 38.4 Å². The largest absolute Gasteiger partial charge is 0.388 e. The topological polar surface area (TPSA) is 111 Å². The van der Waals surface area contributed by atoms with E-state index in [1.807, 2.05) is 0 Å². The molecule has 3 N–H and O–H groups in total. The summed E-state index contributed by atoms with van der Waals surface area (Å²) in [5.74, 6) is -1.94. The summed E-state index contributed by atoms with van der Waals surface area (Å²) < 4.78 is 32.1. The molecule has 0 radical (unpaired) electrons. The predicted octanol–water partition coefficient (Wildman–Crippen LogP) is 2.50. The molecule has 1 fully saturated rings. The van der Waals surface area contributed by atoms with Crippen LogP contribution in [0.1, 0.15) is 28.8 Å². The first-order valence-electron chi connectivity index (χ1n) is 12.2.